The average molecular weight is 287 g/mol. The quantitative estimate of drug-likeness (QED) is 0.404. The van der Waals surface area contributed by atoms with Crippen LogP contribution in [0.25, 0.3) is 11.6 Å². The number of carboxylic acid groups (broad SMARTS) is 1. The summed E-state index contributed by atoms with van der Waals surface area (Å²) >= 11 is 0. The second-order valence-electron chi connectivity index (χ2n) is 4.22. The molecule has 0 aliphatic heterocycles. The molecule has 0 saturated heterocycles. The van der Waals surface area contributed by atoms with Crippen molar-refractivity contribution in [3.8, 4) is 0 Å². The molecule has 106 valence electrons. The van der Waals surface area contributed by atoms with Crippen LogP contribution in [0.5, 0.6) is 0 Å². The lowest BCUT2D eigenvalue weighted by atomic mass is 10.0. The van der Waals surface area contributed by atoms with Crippen LogP contribution >= 0.6 is 0 Å². The van der Waals surface area contributed by atoms with Crippen LogP contribution in [0.15, 0.2) is 48.5 Å². The molecule has 0 unspecified atom stereocenters. The van der Waals surface area contributed by atoms with E-state index in [1.165, 1.54) is 54.6 Å². The van der Waals surface area contributed by atoms with E-state index in [1.54, 1.807) is 0 Å². The minimum Gasteiger partial charge on any atom is -0.478 e. The predicted octanol–water partition coefficient (Wildman–Crippen LogP) is 3.36. The Balaban J connectivity index is 2.40. The molecule has 0 aromatic heterocycles. The average Bonchev–Trinajstić information content (AvgIpc) is 2.46. The molecule has 0 spiro atoms. The van der Waals surface area contributed by atoms with Crippen LogP contribution in [-0.2, 0) is 4.79 Å². The van der Waals surface area contributed by atoms with Crippen molar-refractivity contribution in [2.24, 2.45) is 0 Å². The van der Waals surface area contributed by atoms with Gasteiger partial charge < -0.3 is 5.11 Å². The van der Waals surface area contributed by atoms with Crippen LogP contribution in [0.2, 0.25) is 0 Å². The van der Waals surface area contributed by atoms with Gasteiger partial charge in [0.15, 0.2) is 0 Å². The summed E-state index contributed by atoms with van der Waals surface area (Å²) in [6, 6.07) is 10.5. The second-order valence-corrected chi connectivity index (χ2v) is 4.22. The topological polar surface area (TPSA) is 80.4 Å². The molecule has 2 aromatic carbocycles. The molecule has 2 rings (SSSR count). The summed E-state index contributed by atoms with van der Waals surface area (Å²) in [6.07, 6.45) is 1.37. The number of hydrogen-bond donors (Lipinski definition) is 1. The van der Waals surface area contributed by atoms with Crippen LogP contribution < -0.4 is 0 Å². The number of hydrogen-bond acceptors (Lipinski definition) is 3. The Hall–Kier alpha value is -3.02. The third-order valence-electron chi connectivity index (χ3n) is 2.80. The van der Waals surface area contributed by atoms with E-state index in [2.05, 4.69) is 0 Å². The molecule has 6 heteroatoms. The number of halogens is 1. The monoisotopic (exact) mass is 287 g/mol. The molecule has 0 atom stereocenters. The van der Waals surface area contributed by atoms with Gasteiger partial charge in [0.05, 0.1) is 10.5 Å². The summed E-state index contributed by atoms with van der Waals surface area (Å²) in [5, 5.41) is 19.8. The van der Waals surface area contributed by atoms with Gasteiger partial charge in [0.2, 0.25) is 0 Å². The first kappa shape index (κ1) is 14.4. The van der Waals surface area contributed by atoms with Crippen LogP contribution in [0.4, 0.5) is 10.1 Å². The van der Waals surface area contributed by atoms with Crippen LogP contribution in [-0.4, -0.2) is 16.0 Å². The maximum Gasteiger partial charge on any atom is 0.336 e. The van der Waals surface area contributed by atoms with Gasteiger partial charge in [-0.3, -0.25) is 10.1 Å². The van der Waals surface area contributed by atoms with Crippen molar-refractivity contribution in [2.45, 2.75) is 0 Å². The van der Waals surface area contributed by atoms with E-state index in [1.807, 2.05) is 0 Å². The number of benzene rings is 2. The molecule has 0 aliphatic carbocycles. The molecule has 5 nitrogen and oxygen atoms in total. The van der Waals surface area contributed by atoms with Crippen LogP contribution in [0.1, 0.15) is 11.1 Å². The SMILES string of the molecule is O=C(O)/C(=C\c1ccc([N+](=O)[O-])cc1)c1ccc(F)cc1. The van der Waals surface area contributed by atoms with E-state index in [-0.39, 0.29) is 11.3 Å². The molecule has 2 aromatic rings. The Labute approximate surface area is 119 Å². The first-order valence-electron chi connectivity index (χ1n) is 5.93. The second kappa shape index (κ2) is 5.96. The van der Waals surface area contributed by atoms with E-state index in [9.17, 15) is 24.4 Å². The molecule has 1 N–H and O–H groups in total. The molecule has 0 fully saturated rings. The minimum atomic E-state index is -1.17. The standard InChI is InChI=1S/C15H10FNO4/c16-12-5-3-11(4-6-12)14(15(18)19)9-10-1-7-13(8-2-10)17(20)21/h1-9H,(H,18,19)/b14-9-. The van der Waals surface area contributed by atoms with E-state index in [0.717, 1.165) is 0 Å². The summed E-state index contributed by atoms with van der Waals surface area (Å²) in [5.74, 6) is -1.63. The Morgan fingerprint density at radius 1 is 1.10 bits per heavy atom. The maximum absolute atomic E-state index is 12.9. The fourth-order valence-electron chi connectivity index (χ4n) is 1.76. The van der Waals surface area contributed by atoms with Gasteiger partial charge in [0.1, 0.15) is 5.82 Å². The lowest BCUT2D eigenvalue weighted by Gasteiger charge is -2.03. The molecular weight excluding hydrogens is 277 g/mol. The van der Waals surface area contributed by atoms with Gasteiger partial charge in [0, 0.05) is 12.1 Å². The molecule has 0 heterocycles. The lowest BCUT2D eigenvalue weighted by molar-refractivity contribution is -0.384. The van der Waals surface area contributed by atoms with Gasteiger partial charge in [-0.25, -0.2) is 9.18 Å². The Morgan fingerprint density at radius 2 is 1.67 bits per heavy atom. The smallest absolute Gasteiger partial charge is 0.336 e. The number of nitro groups is 1. The lowest BCUT2D eigenvalue weighted by Crippen LogP contribution is -1.99. The third-order valence-corrected chi connectivity index (χ3v) is 2.80. The van der Waals surface area contributed by atoms with Crippen molar-refractivity contribution >= 4 is 23.3 Å². The first-order chi connectivity index (χ1) is 9.97. The fourth-order valence-corrected chi connectivity index (χ4v) is 1.76. The van der Waals surface area contributed by atoms with Gasteiger partial charge in [-0.1, -0.05) is 12.1 Å². The maximum atomic E-state index is 12.9. The van der Waals surface area contributed by atoms with Crippen molar-refractivity contribution < 1.29 is 19.2 Å². The van der Waals surface area contributed by atoms with Crippen molar-refractivity contribution in [2.75, 3.05) is 0 Å². The van der Waals surface area contributed by atoms with E-state index in [4.69, 9.17) is 0 Å². The van der Waals surface area contributed by atoms with E-state index < -0.39 is 16.7 Å². The minimum absolute atomic E-state index is 0.0242. The Kier molecular flexibility index (Phi) is 4.08. The molecule has 0 amide bonds. The predicted molar refractivity (Wildman–Crippen MR) is 75.0 cm³/mol. The van der Waals surface area contributed by atoms with Gasteiger partial charge >= 0.3 is 5.97 Å². The van der Waals surface area contributed by atoms with E-state index >= 15 is 0 Å². The molecule has 0 radical (unpaired) electrons. The molecule has 0 bridgehead atoms. The van der Waals surface area contributed by atoms with Gasteiger partial charge in [0.25, 0.3) is 5.69 Å². The third kappa shape index (κ3) is 3.50. The summed E-state index contributed by atoms with van der Waals surface area (Å²) in [5.41, 5.74) is 0.749. The normalized spacial score (nSPS) is 11.2. The molecule has 21 heavy (non-hydrogen) atoms. The zero-order chi connectivity index (χ0) is 15.4. The Morgan fingerprint density at radius 3 is 2.14 bits per heavy atom. The number of non-ortho nitro benzene ring substituents is 1. The Bertz CT molecular complexity index is 705. The highest BCUT2D eigenvalue weighted by molar-refractivity contribution is 6.20. The van der Waals surface area contributed by atoms with Crippen molar-refractivity contribution in [3.63, 3.8) is 0 Å². The van der Waals surface area contributed by atoms with Crippen molar-refractivity contribution in [3.05, 3.63) is 75.6 Å². The number of nitrogens with zero attached hydrogens (tertiary/aromatic N) is 1. The molecular formula is C15H10FNO4. The number of aliphatic carboxylic acids is 1. The number of rotatable bonds is 4. The fraction of sp³-hybridized carbons (Fsp3) is 0. The molecule has 0 aliphatic rings. The zero-order valence-corrected chi connectivity index (χ0v) is 10.7. The van der Waals surface area contributed by atoms with Crippen molar-refractivity contribution in [1.29, 1.82) is 0 Å². The molecule has 0 saturated carbocycles. The zero-order valence-electron chi connectivity index (χ0n) is 10.7. The first-order valence-corrected chi connectivity index (χ1v) is 5.93. The van der Waals surface area contributed by atoms with Crippen molar-refractivity contribution in [1.82, 2.24) is 0 Å². The van der Waals surface area contributed by atoms with Gasteiger partial charge in [-0.15, -0.1) is 0 Å². The van der Waals surface area contributed by atoms with Crippen LogP contribution in [0.3, 0.4) is 0 Å². The number of carboxylic acids is 1. The highest BCUT2D eigenvalue weighted by Gasteiger charge is 2.11. The van der Waals surface area contributed by atoms with Gasteiger partial charge in [-0.2, -0.15) is 0 Å². The summed E-state index contributed by atoms with van der Waals surface area (Å²) in [7, 11) is 0. The largest absolute Gasteiger partial charge is 0.478 e. The summed E-state index contributed by atoms with van der Waals surface area (Å²) in [4.78, 5) is 21.3. The number of carbonyl (C=O) groups is 1. The van der Waals surface area contributed by atoms with Gasteiger partial charge in [-0.05, 0) is 41.5 Å². The summed E-state index contributed by atoms with van der Waals surface area (Å²) < 4.78 is 12.9. The number of nitro benzene ring substituents is 1. The highest BCUT2D eigenvalue weighted by atomic mass is 19.1. The van der Waals surface area contributed by atoms with E-state index in [0.29, 0.717) is 11.1 Å². The summed E-state index contributed by atoms with van der Waals surface area (Å²) in [6.45, 7) is 0. The van der Waals surface area contributed by atoms with Crippen LogP contribution in [0, 0.1) is 15.9 Å². The highest BCUT2D eigenvalue weighted by Crippen LogP contribution is 2.20.